The fourth-order valence-electron chi connectivity index (χ4n) is 2.08. The van der Waals surface area contributed by atoms with Crippen molar-refractivity contribution < 1.29 is 0 Å². The van der Waals surface area contributed by atoms with Crippen LogP contribution >= 0.6 is 11.3 Å². The lowest BCUT2D eigenvalue weighted by molar-refractivity contribution is 0.781. The molecule has 1 aromatic carbocycles. The van der Waals surface area contributed by atoms with Crippen LogP contribution in [-0.4, -0.2) is 14.8 Å². The Bertz CT molecular complexity index is 712. The van der Waals surface area contributed by atoms with E-state index < -0.39 is 0 Å². The van der Waals surface area contributed by atoms with Gasteiger partial charge in [0.2, 0.25) is 0 Å². The third kappa shape index (κ3) is 2.02. The summed E-state index contributed by atoms with van der Waals surface area (Å²) < 4.78 is 1.70. The van der Waals surface area contributed by atoms with Crippen molar-refractivity contribution in [1.29, 1.82) is 0 Å². The average molecular weight is 270 g/mol. The molecule has 2 aromatic heterocycles. The van der Waals surface area contributed by atoms with Gasteiger partial charge < -0.3 is 5.73 Å². The molecule has 0 fully saturated rings. The molecule has 2 heterocycles. The van der Waals surface area contributed by atoms with Crippen LogP contribution in [0.4, 0.5) is 5.82 Å². The van der Waals surface area contributed by atoms with E-state index >= 15 is 0 Å². The van der Waals surface area contributed by atoms with E-state index in [2.05, 4.69) is 10.1 Å². The number of aryl methyl sites for hydroxylation is 2. The first-order valence-electron chi connectivity index (χ1n) is 5.97. The smallest absolute Gasteiger partial charge is 0.129 e. The van der Waals surface area contributed by atoms with Gasteiger partial charge in [0, 0.05) is 12.4 Å². The number of hydrogen-bond acceptors (Lipinski definition) is 4. The van der Waals surface area contributed by atoms with Gasteiger partial charge in [0.25, 0.3) is 0 Å². The van der Waals surface area contributed by atoms with Crippen molar-refractivity contribution in [2.24, 2.45) is 7.05 Å². The van der Waals surface area contributed by atoms with Crippen LogP contribution in [0.15, 0.2) is 35.7 Å². The Hall–Kier alpha value is -2.14. The average Bonchev–Trinajstić information content (AvgIpc) is 2.96. The van der Waals surface area contributed by atoms with E-state index in [1.807, 2.05) is 49.7 Å². The molecule has 5 heteroatoms. The van der Waals surface area contributed by atoms with Crippen molar-refractivity contribution >= 4 is 17.2 Å². The van der Waals surface area contributed by atoms with Gasteiger partial charge in [-0.05, 0) is 12.5 Å². The molecule has 0 bridgehead atoms. The number of aromatic nitrogens is 3. The molecule has 0 saturated heterocycles. The molecule has 0 amide bonds. The van der Waals surface area contributed by atoms with Crippen LogP contribution in [0.3, 0.4) is 0 Å². The molecule has 0 spiro atoms. The van der Waals surface area contributed by atoms with E-state index in [4.69, 9.17) is 5.73 Å². The van der Waals surface area contributed by atoms with E-state index in [-0.39, 0.29) is 0 Å². The Labute approximate surface area is 115 Å². The molecule has 2 N–H and O–H groups in total. The van der Waals surface area contributed by atoms with Crippen LogP contribution in [0.1, 0.15) is 5.01 Å². The molecule has 96 valence electrons. The number of nitrogens with two attached hydrogens (primary N) is 1. The highest BCUT2D eigenvalue weighted by molar-refractivity contribution is 7.09. The fourth-order valence-corrected chi connectivity index (χ4v) is 2.68. The lowest BCUT2D eigenvalue weighted by Crippen LogP contribution is -1.97. The highest BCUT2D eigenvalue weighted by Crippen LogP contribution is 2.35. The molecule has 0 aliphatic heterocycles. The number of rotatable bonds is 2. The summed E-state index contributed by atoms with van der Waals surface area (Å²) in [5.74, 6) is 0.659. The molecule has 3 aromatic rings. The van der Waals surface area contributed by atoms with E-state index in [0.717, 1.165) is 27.5 Å². The van der Waals surface area contributed by atoms with Crippen LogP contribution in [-0.2, 0) is 7.05 Å². The summed E-state index contributed by atoms with van der Waals surface area (Å²) in [5, 5.41) is 7.55. The SMILES string of the molecule is Cc1nc(-c2nn(C)c(N)c2-c2ccccc2)cs1. The van der Waals surface area contributed by atoms with E-state index in [1.165, 1.54) is 0 Å². The van der Waals surface area contributed by atoms with Crippen LogP contribution in [0, 0.1) is 6.92 Å². The quantitative estimate of drug-likeness (QED) is 0.778. The van der Waals surface area contributed by atoms with Gasteiger partial charge in [0.1, 0.15) is 17.2 Å². The topological polar surface area (TPSA) is 56.7 Å². The predicted octanol–water partition coefficient (Wildman–Crippen LogP) is 3.10. The molecule has 4 nitrogen and oxygen atoms in total. The number of nitrogen functional groups attached to an aromatic ring is 1. The largest absolute Gasteiger partial charge is 0.383 e. The number of benzene rings is 1. The van der Waals surface area contributed by atoms with Crippen molar-refractivity contribution in [3.63, 3.8) is 0 Å². The molecular formula is C14H14N4S. The first kappa shape index (κ1) is 11.9. The molecule has 0 saturated carbocycles. The summed E-state index contributed by atoms with van der Waals surface area (Å²) >= 11 is 1.62. The van der Waals surface area contributed by atoms with E-state index in [1.54, 1.807) is 16.0 Å². The maximum absolute atomic E-state index is 6.16. The van der Waals surface area contributed by atoms with Gasteiger partial charge in [-0.15, -0.1) is 11.3 Å². The maximum atomic E-state index is 6.16. The van der Waals surface area contributed by atoms with Crippen LogP contribution < -0.4 is 5.73 Å². The van der Waals surface area contributed by atoms with Crippen molar-refractivity contribution in [2.45, 2.75) is 6.92 Å². The summed E-state index contributed by atoms with van der Waals surface area (Å²) in [6.45, 7) is 1.99. The fraction of sp³-hybridized carbons (Fsp3) is 0.143. The van der Waals surface area contributed by atoms with Crippen LogP contribution in [0.2, 0.25) is 0 Å². The molecule has 0 unspecified atom stereocenters. The number of hydrogen-bond donors (Lipinski definition) is 1. The van der Waals surface area contributed by atoms with Gasteiger partial charge in [-0.2, -0.15) is 5.10 Å². The maximum Gasteiger partial charge on any atom is 0.129 e. The van der Waals surface area contributed by atoms with Crippen molar-refractivity contribution in [3.05, 3.63) is 40.7 Å². The zero-order chi connectivity index (χ0) is 13.4. The van der Waals surface area contributed by atoms with Gasteiger partial charge in [-0.25, -0.2) is 4.98 Å². The third-order valence-electron chi connectivity index (χ3n) is 3.02. The number of thiazole rings is 1. The Balaban J connectivity index is 2.24. The summed E-state index contributed by atoms with van der Waals surface area (Å²) in [7, 11) is 1.85. The molecule has 0 atom stereocenters. The van der Waals surface area contributed by atoms with Crippen molar-refractivity contribution in [3.8, 4) is 22.5 Å². The lowest BCUT2D eigenvalue weighted by atomic mass is 10.0. The number of anilines is 1. The molecular weight excluding hydrogens is 256 g/mol. The Kier molecular flexibility index (Phi) is 2.83. The second-order valence-electron chi connectivity index (χ2n) is 4.35. The Morgan fingerprint density at radius 2 is 1.95 bits per heavy atom. The van der Waals surface area contributed by atoms with Gasteiger partial charge in [0.15, 0.2) is 0 Å². The van der Waals surface area contributed by atoms with Crippen LogP contribution in [0.25, 0.3) is 22.5 Å². The zero-order valence-corrected chi connectivity index (χ0v) is 11.6. The summed E-state index contributed by atoms with van der Waals surface area (Å²) in [4.78, 5) is 4.51. The minimum atomic E-state index is 0.659. The second kappa shape index (κ2) is 4.51. The highest BCUT2D eigenvalue weighted by Gasteiger charge is 2.18. The minimum absolute atomic E-state index is 0.659. The van der Waals surface area contributed by atoms with Crippen LogP contribution in [0.5, 0.6) is 0 Å². The monoisotopic (exact) mass is 270 g/mol. The Morgan fingerprint density at radius 3 is 2.58 bits per heavy atom. The van der Waals surface area contributed by atoms with Crippen molar-refractivity contribution in [1.82, 2.24) is 14.8 Å². The third-order valence-corrected chi connectivity index (χ3v) is 3.79. The van der Waals surface area contributed by atoms with E-state index in [0.29, 0.717) is 5.82 Å². The molecule has 19 heavy (non-hydrogen) atoms. The highest BCUT2D eigenvalue weighted by atomic mass is 32.1. The normalized spacial score (nSPS) is 10.8. The molecule has 0 aliphatic carbocycles. The van der Waals surface area contributed by atoms with Gasteiger partial charge in [0.05, 0.1) is 10.6 Å². The second-order valence-corrected chi connectivity index (χ2v) is 5.41. The first-order chi connectivity index (χ1) is 9.16. The predicted molar refractivity (Wildman–Crippen MR) is 78.9 cm³/mol. The molecule has 0 aliphatic rings. The first-order valence-corrected chi connectivity index (χ1v) is 6.85. The minimum Gasteiger partial charge on any atom is -0.383 e. The standard InChI is InChI=1S/C14H14N4S/c1-9-16-11(8-19-9)13-12(14(15)18(2)17-13)10-6-4-3-5-7-10/h3-8H,15H2,1-2H3. The van der Waals surface area contributed by atoms with Gasteiger partial charge in [-0.3, -0.25) is 4.68 Å². The number of nitrogens with zero attached hydrogens (tertiary/aromatic N) is 3. The van der Waals surface area contributed by atoms with Crippen molar-refractivity contribution in [2.75, 3.05) is 5.73 Å². The lowest BCUT2D eigenvalue weighted by Gasteiger charge is -2.02. The molecule has 3 rings (SSSR count). The molecule has 0 radical (unpaired) electrons. The van der Waals surface area contributed by atoms with E-state index in [9.17, 15) is 0 Å². The summed E-state index contributed by atoms with van der Waals surface area (Å²) in [6.07, 6.45) is 0. The van der Waals surface area contributed by atoms with Gasteiger partial charge >= 0.3 is 0 Å². The zero-order valence-electron chi connectivity index (χ0n) is 10.8. The Morgan fingerprint density at radius 1 is 1.21 bits per heavy atom. The van der Waals surface area contributed by atoms with Gasteiger partial charge in [-0.1, -0.05) is 30.3 Å². The summed E-state index contributed by atoms with van der Waals surface area (Å²) in [5.41, 5.74) is 9.90. The summed E-state index contributed by atoms with van der Waals surface area (Å²) in [6, 6.07) is 10.1.